The number of carboxylic acid groups (broad SMARTS) is 2. The maximum absolute atomic E-state index is 13.6. The van der Waals surface area contributed by atoms with Crippen LogP contribution in [-0.4, -0.2) is 75.6 Å². The summed E-state index contributed by atoms with van der Waals surface area (Å²) >= 11 is 3.58. The van der Waals surface area contributed by atoms with Crippen molar-refractivity contribution in [1.82, 2.24) is 14.0 Å². The Morgan fingerprint density at radius 1 is 0.844 bits per heavy atom. The van der Waals surface area contributed by atoms with Crippen molar-refractivity contribution in [2.45, 2.75) is 24.9 Å². The van der Waals surface area contributed by atoms with Crippen LogP contribution in [0.15, 0.2) is 37.7 Å². The average Bonchev–Trinajstić information content (AvgIpc) is 3.66. The fraction of sp³-hybridized carbons (Fsp3) is 0.259. The normalized spacial score (nSPS) is 18.1. The first-order chi connectivity index (χ1) is 21.3. The first-order valence-corrected chi connectivity index (χ1v) is 16.1. The minimum absolute atomic E-state index is 0.0172. The van der Waals surface area contributed by atoms with Crippen LogP contribution < -0.4 is 34.7 Å². The van der Waals surface area contributed by atoms with Crippen LogP contribution in [0.5, 0.6) is 11.5 Å². The first kappa shape index (κ1) is 32.1. The fourth-order valence-electron chi connectivity index (χ4n) is 4.54. The average molecular weight is 693 g/mol. The number of nitrogens with zero attached hydrogens (tertiary/aromatic N) is 4. The van der Waals surface area contributed by atoms with Crippen LogP contribution in [0.4, 0.5) is 10.5 Å². The van der Waals surface area contributed by atoms with E-state index in [0.29, 0.717) is 28.8 Å². The topological polar surface area (TPSA) is 178 Å². The van der Waals surface area contributed by atoms with Gasteiger partial charge in [0.15, 0.2) is 11.5 Å². The number of methoxy groups -OCH3 is 2. The second-order valence-electron chi connectivity index (χ2n) is 9.61. The molecule has 2 N–H and O–H groups in total. The van der Waals surface area contributed by atoms with Crippen LogP contribution in [0.2, 0.25) is 0 Å². The zero-order valence-electron chi connectivity index (χ0n) is 24.2. The van der Waals surface area contributed by atoms with Gasteiger partial charge in [-0.2, -0.15) is 0 Å². The number of carboxylic acids is 2. The predicted molar refractivity (Wildman–Crippen MR) is 169 cm³/mol. The van der Waals surface area contributed by atoms with E-state index in [4.69, 9.17) is 9.47 Å². The summed E-state index contributed by atoms with van der Waals surface area (Å²) in [4.78, 5) is 79.1. The van der Waals surface area contributed by atoms with Crippen molar-refractivity contribution in [3.63, 3.8) is 0 Å². The van der Waals surface area contributed by atoms with Gasteiger partial charge in [-0.25, -0.2) is 0 Å². The highest BCUT2D eigenvalue weighted by Gasteiger charge is 2.34. The molecule has 236 valence electrons. The van der Waals surface area contributed by atoms with Crippen molar-refractivity contribution in [2.24, 2.45) is 0 Å². The molecule has 0 spiro atoms. The molecule has 18 heteroatoms. The van der Waals surface area contributed by atoms with Crippen molar-refractivity contribution < 1.29 is 38.9 Å². The van der Waals surface area contributed by atoms with Crippen LogP contribution in [0, 0.1) is 9.20 Å². The molecule has 45 heavy (non-hydrogen) atoms. The van der Waals surface area contributed by atoms with Crippen LogP contribution in [-0.2, 0) is 27.5 Å². The molecule has 2 amide bonds. The number of aromatic nitrogens is 2. The third-order valence-electron chi connectivity index (χ3n) is 6.77. The van der Waals surface area contributed by atoms with E-state index in [1.54, 1.807) is 13.0 Å². The van der Waals surface area contributed by atoms with Crippen molar-refractivity contribution in [3.8, 4) is 11.5 Å². The summed E-state index contributed by atoms with van der Waals surface area (Å²) in [7, 11) is 6.17. The van der Waals surface area contributed by atoms with Gasteiger partial charge in [-0.3, -0.25) is 42.8 Å². The molecule has 0 unspecified atom stereocenters. The Balaban J connectivity index is 1.79. The predicted octanol–water partition coefficient (Wildman–Crippen LogP) is 1.29. The highest BCUT2D eigenvalue weighted by molar-refractivity contribution is 8.23. The molecule has 1 aromatic carbocycles. The van der Waals surface area contributed by atoms with Gasteiger partial charge in [-0.05, 0) is 30.3 Å². The van der Waals surface area contributed by atoms with Gasteiger partial charge in [0, 0.05) is 31.1 Å². The van der Waals surface area contributed by atoms with Gasteiger partial charge in [-0.1, -0.05) is 11.8 Å². The van der Waals surface area contributed by atoms with Crippen molar-refractivity contribution in [1.29, 1.82) is 0 Å². The Labute approximate surface area is 269 Å². The summed E-state index contributed by atoms with van der Waals surface area (Å²) in [6.45, 7) is 0.0882. The minimum Gasteiger partial charge on any atom is -0.493 e. The van der Waals surface area contributed by atoms with E-state index in [-0.39, 0.29) is 23.3 Å². The second kappa shape index (κ2) is 12.3. The number of thioether (sulfide) groups is 2. The Morgan fingerprint density at radius 2 is 1.44 bits per heavy atom. The molecule has 3 aromatic rings. The fourth-order valence-corrected chi connectivity index (χ4v) is 9.09. The maximum atomic E-state index is 13.6. The number of carbonyl (C=O) groups excluding carboxylic acids is 2. The quantitative estimate of drug-likeness (QED) is 0.363. The van der Waals surface area contributed by atoms with E-state index in [1.807, 2.05) is 24.1 Å². The van der Waals surface area contributed by atoms with Gasteiger partial charge in [-0.15, -0.1) is 22.7 Å². The number of ether oxygens (including phenoxy) is 2. The number of amides is 2. The number of hydrogen-bond donors (Lipinski definition) is 2. The summed E-state index contributed by atoms with van der Waals surface area (Å²) in [5.74, 6) is -2.33. The standard InChI is InChI=1S/C27H24N4O10S4/c1-11(6-16-28(2)12-7-13(40-4)14(41-5)8-15(12)42-16)19-23(37)30(9-17(32)33)26(43-19)21-24(38)31(10-18(34)35)25(44-21)20-22(36)29(3)27(39)45-20/h6-8H,9-10H2,1-5H3,(H,32,33)(H,34,35)/b16-6?,19-11+,25-20+,26-21+. The van der Waals surface area contributed by atoms with Gasteiger partial charge in [0.05, 0.1) is 29.5 Å². The number of aliphatic carboxylic acids is 2. The highest BCUT2D eigenvalue weighted by atomic mass is 32.2. The molecule has 2 aliphatic rings. The SMILES string of the molecule is COc1cc2c(cc1OC)N(C)C(=C/C(C)=c1/s/c(=c3/s/c(=C4/SC(=O)N(C)C4=O)n(CC(=O)O)c3=O)n(CC(=O)O)c1=O)S2. The third-order valence-corrected chi connectivity index (χ3v) is 11.7. The highest BCUT2D eigenvalue weighted by Crippen LogP contribution is 2.49. The molecule has 4 heterocycles. The Bertz CT molecular complexity index is 2190. The van der Waals surface area contributed by atoms with E-state index in [0.717, 1.165) is 52.3 Å². The van der Waals surface area contributed by atoms with Gasteiger partial charge in [0.25, 0.3) is 22.3 Å². The number of allylic oxidation sites excluding steroid dienone is 1. The smallest absolute Gasteiger partial charge is 0.323 e. The number of anilines is 1. The Kier molecular flexibility index (Phi) is 8.76. The first-order valence-electron chi connectivity index (χ1n) is 12.8. The molecular formula is C27H24N4O10S4. The molecule has 0 saturated carbocycles. The zero-order chi connectivity index (χ0) is 32.9. The number of hydrogen-bond acceptors (Lipinski definition) is 13. The molecule has 2 aromatic heterocycles. The van der Waals surface area contributed by atoms with Crippen molar-refractivity contribution in [2.75, 3.05) is 33.2 Å². The van der Waals surface area contributed by atoms with Gasteiger partial charge in [0.2, 0.25) is 0 Å². The van der Waals surface area contributed by atoms with E-state index in [2.05, 4.69) is 0 Å². The maximum Gasteiger partial charge on any atom is 0.323 e. The van der Waals surface area contributed by atoms with E-state index < -0.39 is 47.3 Å². The summed E-state index contributed by atoms with van der Waals surface area (Å²) in [5, 5.41) is 19.3. The molecule has 5 rings (SSSR count). The van der Waals surface area contributed by atoms with E-state index in [9.17, 15) is 39.0 Å². The Morgan fingerprint density at radius 3 is 2.00 bits per heavy atom. The van der Waals surface area contributed by atoms with Gasteiger partial charge >= 0.3 is 11.9 Å². The van der Waals surface area contributed by atoms with Crippen LogP contribution in [0.1, 0.15) is 6.92 Å². The molecule has 2 aliphatic heterocycles. The number of benzene rings is 1. The van der Waals surface area contributed by atoms with Gasteiger partial charge < -0.3 is 24.6 Å². The minimum atomic E-state index is -1.38. The molecule has 0 atom stereocenters. The molecule has 14 nitrogen and oxygen atoms in total. The summed E-state index contributed by atoms with van der Waals surface area (Å²) in [6.07, 6.45) is 1.76. The monoisotopic (exact) mass is 692 g/mol. The summed E-state index contributed by atoms with van der Waals surface area (Å²) in [6, 6.07) is 3.66. The van der Waals surface area contributed by atoms with Crippen molar-refractivity contribution in [3.05, 3.63) is 62.3 Å². The third kappa shape index (κ3) is 5.69. The number of fused-ring (bicyclic) bond motifs is 1. The Hall–Kier alpha value is -4.26. The summed E-state index contributed by atoms with van der Waals surface area (Å²) < 4.78 is 12.5. The lowest BCUT2D eigenvalue weighted by atomic mass is 10.2. The van der Waals surface area contributed by atoms with Crippen LogP contribution >= 0.6 is 46.2 Å². The van der Waals surface area contributed by atoms with E-state index in [1.165, 1.54) is 33.0 Å². The molecule has 1 fully saturated rings. The largest absolute Gasteiger partial charge is 0.493 e. The van der Waals surface area contributed by atoms with Crippen molar-refractivity contribution >= 4 is 85.4 Å². The lowest BCUT2D eigenvalue weighted by Gasteiger charge is -2.15. The zero-order valence-corrected chi connectivity index (χ0v) is 27.5. The number of imide groups is 1. The van der Waals surface area contributed by atoms with E-state index >= 15 is 0 Å². The number of rotatable bonds is 7. The molecule has 0 radical (unpaired) electrons. The molecule has 1 saturated heterocycles. The lowest BCUT2D eigenvalue weighted by Crippen LogP contribution is -2.32. The second-order valence-corrected chi connectivity index (χ2v) is 13.6. The van der Waals surface area contributed by atoms with Crippen LogP contribution in [0.3, 0.4) is 0 Å². The van der Waals surface area contributed by atoms with Gasteiger partial charge in [0.1, 0.15) is 31.9 Å². The number of thiazole rings is 2. The van der Waals surface area contributed by atoms with Crippen LogP contribution in [0.25, 0.3) is 10.5 Å². The molecule has 0 aliphatic carbocycles. The lowest BCUT2D eigenvalue weighted by molar-refractivity contribution is -0.138. The summed E-state index contributed by atoms with van der Waals surface area (Å²) in [5.41, 5.74) is -0.168. The number of carbonyl (C=O) groups is 4. The molecule has 0 bridgehead atoms. The molecular weight excluding hydrogens is 669 g/mol.